The van der Waals surface area contributed by atoms with Crippen LogP contribution in [0, 0.1) is 0 Å². The van der Waals surface area contributed by atoms with Crippen LogP contribution in [0.5, 0.6) is 11.5 Å². The summed E-state index contributed by atoms with van der Waals surface area (Å²) in [5, 5.41) is 3.30. The third-order valence-electron chi connectivity index (χ3n) is 4.83. The van der Waals surface area contributed by atoms with Crippen LogP contribution in [0.15, 0.2) is 77.5 Å². The predicted octanol–water partition coefficient (Wildman–Crippen LogP) is 5.29. The van der Waals surface area contributed by atoms with Gasteiger partial charge in [-0.15, -0.1) is 0 Å². The van der Waals surface area contributed by atoms with Crippen LogP contribution in [-0.4, -0.2) is 15.9 Å². The first-order valence-electron chi connectivity index (χ1n) is 9.63. The maximum absolute atomic E-state index is 12.5. The first-order chi connectivity index (χ1) is 15.2. The number of ether oxygens (including phenoxy) is 1. The summed E-state index contributed by atoms with van der Waals surface area (Å²) in [6.45, 7) is 0.906. The molecular weight excluding hydrogens is 416 g/mol. The minimum Gasteiger partial charge on any atom is -0.455 e. The number of halogens is 1. The van der Waals surface area contributed by atoms with Gasteiger partial charge in [-0.2, -0.15) is 0 Å². The Morgan fingerprint density at radius 3 is 2.84 bits per heavy atom. The van der Waals surface area contributed by atoms with Crippen molar-refractivity contribution >= 4 is 29.0 Å². The van der Waals surface area contributed by atoms with Crippen molar-refractivity contribution in [2.45, 2.75) is 13.1 Å². The molecule has 2 aromatic heterocycles. The molecule has 31 heavy (non-hydrogen) atoms. The summed E-state index contributed by atoms with van der Waals surface area (Å²) in [5.74, 6) is 1.94. The monoisotopic (exact) mass is 432 g/mol. The second-order valence-corrected chi connectivity index (χ2v) is 7.41. The zero-order valence-corrected chi connectivity index (χ0v) is 17.0. The number of amides is 1. The third kappa shape index (κ3) is 4.08. The minimum absolute atomic E-state index is 0.179. The average Bonchev–Trinajstić information content (AvgIpc) is 3.19. The molecule has 1 aliphatic heterocycles. The second kappa shape index (κ2) is 8.12. The van der Waals surface area contributed by atoms with Gasteiger partial charge in [0.2, 0.25) is 5.89 Å². The van der Waals surface area contributed by atoms with Crippen LogP contribution < -0.4 is 15.0 Å². The maximum Gasteiger partial charge on any atom is 0.278 e. The lowest BCUT2D eigenvalue weighted by atomic mass is 10.2. The molecular formula is C23H17ClN4O3. The fraction of sp³-hybridized carbons (Fsp3) is 0.0870. The number of rotatable bonds is 4. The van der Waals surface area contributed by atoms with Crippen LogP contribution in [0.1, 0.15) is 21.9 Å². The van der Waals surface area contributed by atoms with Gasteiger partial charge in [0.05, 0.1) is 12.2 Å². The van der Waals surface area contributed by atoms with Crippen LogP contribution in [0.3, 0.4) is 0 Å². The lowest BCUT2D eigenvalue weighted by Gasteiger charge is -2.22. The van der Waals surface area contributed by atoms with Crippen molar-refractivity contribution in [2.24, 2.45) is 0 Å². The zero-order valence-electron chi connectivity index (χ0n) is 16.3. The smallest absolute Gasteiger partial charge is 0.278 e. The molecule has 5 rings (SSSR count). The fourth-order valence-electron chi connectivity index (χ4n) is 3.38. The number of aromatic nitrogens is 2. The van der Waals surface area contributed by atoms with E-state index in [4.69, 9.17) is 20.8 Å². The Labute approximate surface area is 183 Å². The number of nitrogens with one attached hydrogen (secondary N) is 1. The van der Waals surface area contributed by atoms with Gasteiger partial charge in [0.15, 0.2) is 11.4 Å². The number of pyridine rings is 1. The summed E-state index contributed by atoms with van der Waals surface area (Å²) in [5.41, 5.74) is 2.02. The highest BCUT2D eigenvalue weighted by molar-refractivity contribution is 6.31. The summed E-state index contributed by atoms with van der Waals surface area (Å²) in [4.78, 5) is 23.0. The molecule has 0 bridgehead atoms. The average molecular weight is 433 g/mol. The maximum atomic E-state index is 12.5. The zero-order chi connectivity index (χ0) is 21.2. The van der Waals surface area contributed by atoms with E-state index in [0.717, 1.165) is 17.0 Å². The number of oxazole rings is 1. The van der Waals surface area contributed by atoms with E-state index in [1.54, 1.807) is 30.5 Å². The van der Waals surface area contributed by atoms with Crippen molar-refractivity contribution < 1.29 is 13.9 Å². The largest absolute Gasteiger partial charge is 0.455 e. The van der Waals surface area contributed by atoms with Crippen LogP contribution >= 0.6 is 11.6 Å². The van der Waals surface area contributed by atoms with Gasteiger partial charge in [0.1, 0.15) is 17.8 Å². The molecule has 0 aliphatic carbocycles. The number of para-hydroxylation sites is 1. The van der Waals surface area contributed by atoms with Crippen molar-refractivity contribution in [3.8, 4) is 11.5 Å². The third-order valence-corrected chi connectivity index (χ3v) is 5.07. The number of fused-ring (bicyclic) bond motifs is 2. The molecule has 0 unspecified atom stereocenters. The Kier molecular flexibility index (Phi) is 5.01. The van der Waals surface area contributed by atoms with Gasteiger partial charge in [-0.05, 0) is 36.4 Å². The lowest BCUT2D eigenvalue weighted by molar-refractivity contribution is 0.102. The topological polar surface area (TPSA) is 80.5 Å². The highest BCUT2D eigenvalue weighted by atomic mass is 35.5. The summed E-state index contributed by atoms with van der Waals surface area (Å²) in [7, 11) is 0. The summed E-state index contributed by atoms with van der Waals surface area (Å²) >= 11 is 6.25. The van der Waals surface area contributed by atoms with E-state index < -0.39 is 0 Å². The molecule has 0 radical (unpaired) electrons. The molecule has 0 spiro atoms. The number of hydrogen-bond acceptors (Lipinski definition) is 6. The van der Waals surface area contributed by atoms with E-state index >= 15 is 0 Å². The van der Waals surface area contributed by atoms with Crippen LogP contribution in [0.2, 0.25) is 5.02 Å². The molecule has 2 aromatic carbocycles. The van der Waals surface area contributed by atoms with Crippen LogP contribution in [-0.2, 0) is 13.1 Å². The van der Waals surface area contributed by atoms with Gasteiger partial charge in [-0.1, -0.05) is 35.9 Å². The SMILES string of the molecule is O=C(Nc1ccccn1)c1coc(CN2Cc3ccccc3Oc3ccc(Cl)cc32)n1. The molecule has 0 saturated heterocycles. The molecule has 1 amide bonds. The standard InChI is InChI=1S/C23H17ClN4O3/c24-16-8-9-20-18(11-16)28(12-15-5-1-2-6-19(15)31-20)13-22-26-17(14-30-22)23(29)27-21-7-3-4-10-25-21/h1-11,14H,12-13H2,(H,25,27,29). The second-order valence-electron chi connectivity index (χ2n) is 6.97. The minimum atomic E-state index is -0.387. The van der Waals surface area contributed by atoms with E-state index in [9.17, 15) is 4.79 Å². The van der Waals surface area contributed by atoms with Gasteiger partial charge < -0.3 is 19.4 Å². The Morgan fingerprint density at radius 1 is 1.10 bits per heavy atom. The number of carbonyl (C=O) groups excluding carboxylic acids is 1. The summed E-state index contributed by atoms with van der Waals surface area (Å²) < 4.78 is 11.7. The number of nitrogens with zero attached hydrogens (tertiary/aromatic N) is 3. The van der Waals surface area contributed by atoms with E-state index in [0.29, 0.717) is 35.6 Å². The Balaban J connectivity index is 1.40. The van der Waals surface area contributed by atoms with Gasteiger partial charge in [-0.3, -0.25) is 4.79 Å². The first kappa shape index (κ1) is 19.1. The molecule has 4 aromatic rings. The number of hydrogen-bond donors (Lipinski definition) is 1. The number of carbonyl (C=O) groups is 1. The summed E-state index contributed by atoms with van der Waals surface area (Å²) in [6.07, 6.45) is 2.94. The number of benzene rings is 2. The Hall–Kier alpha value is -3.84. The fourth-order valence-corrected chi connectivity index (χ4v) is 3.54. The van der Waals surface area contributed by atoms with Gasteiger partial charge in [-0.25, -0.2) is 9.97 Å². The molecule has 0 saturated carbocycles. The van der Waals surface area contributed by atoms with Crippen LogP contribution in [0.25, 0.3) is 0 Å². The van der Waals surface area contributed by atoms with Gasteiger partial charge >= 0.3 is 0 Å². The molecule has 8 heteroatoms. The molecule has 0 atom stereocenters. The molecule has 154 valence electrons. The predicted molar refractivity (Wildman–Crippen MR) is 117 cm³/mol. The first-order valence-corrected chi connectivity index (χ1v) is 10.0. The molecule has 3 heterocycles. The summed E-state index contributed by atoms with van der Waals surface area (Å²) in [6, 6.07) is 18.6. The van der Waals surface area contributed by atoms with E-state index in [1.165, 1.54) is 6.26 Å². The normalized spacial score (nSPS) is 12.4. The molecule has 0 fully saturated rings. The molecule has 1 aliphatic rings. The number of anilines is 2. The van der Waals surface area contributed by atoms with Crippen molar-refractivity contribution in [2.75, 3.05) is 10.2 Å². The van der Waals surface area contributed by atoms with E-state index in [2.05, 4.69) is 20.2 Å². The highest BCUT2D eigenvalue weighted by Crippen LogP contribution is 2.40. The van der Waals surface area contributed by atoms with Crippen LogP contribution in [0.4, 0.5) is 11.5 Å². The van der Waals surface area contributed by atoms with Crippen molar-refractivity contribution in [3.05, 3.63) is 95.3 Å². The van der Waals surface area contributed by atoms with E-state index in [1.807, 2.05) is 36.4 Å². The van der Waals surface area contributed by atoms with Crippen molar-refractivity contribution in [1.29, 1.82) is 0 Å². The molecule has 7 nitrogen and oxygen atoms in total. The lowest BCUT2D eigenvalue weighted by Crippen LogP contribution is -2.22. The Bertz CT molecular complexity index is 1240. The van der Waals surface area contributed by atoms with E-state index in [-0.39, 0.29) is 11.6 Å². The van der Waals surface area contributed by atoms with Gasteiger partial charge in [0.25, 0.3) is 5.91 Å². The van der Waals surface area contributed by atoms with Crippen molar-refractivity contribution in [3.63, 3.8) is 0 Å². The van der Waals surface area contributed by atoms with Crippen molar-refractivity contribution in [1.82, 2.24) is 9.97 Å². The highest BCUT2D eigenvalue weighted by Gasteiger charge is 2.23. The molecule has 1 N–H and O–H groups in total. The quantitative estimate of drug-likeness (QED) is 0.472. The van der Waals surface area contributed by atoms with Gasteiger partial charge in [0, 0.05) is 23.3 Å². The Morgan fingerprint density at radius 2 is 1.97 bits per heavy atom.